The van der Waals surface area contributed by atoms with Gasteiger partial charge in [0.05, 0.1) is 0 Å². The van der Waals surface area contributed by atoms with Gasteiger partial charge in [-0.05, 0) is 60.3 Å². The number of nitrogens with zero attached hydrogens (tertiary/aromatic N) is 7. The molecule has 0 bridgehead atoms. The molecule has 4 rings (SSSR count). The second-order valence-electron chi connectivity index (χ2n) is 5.33. The second kappa shape index (κ2) is 7.53. The van der Waals surface area contributed by atoms with E-state index in [1.54, 1.807) is 36.7 Å². The average molecular weight is 392 g/mol. The van der Waals surface area contributed by atoms with Gasteiger partial charge in [0.1, 0.15) is 11.1 Å². The molecule has 0 N–H and O–H groups in total. The fraction of sp³-hybridized carbons (Fsp3) is 0. The predicted molar refractivity (Wildman–Crippen MR) is 100 cm³/mol. The Bertz CT molecular complexity index is 1100. The Hall–Kier alpha value is -3.28. The van der Waals surface area contributed by atoms with E-state index in [0.29, 0.717) is 21.0 Å². The smallest absolute Gasteiger partial charge is 0.202 e. The molecular weight excluding hydrogens is 382 g/mol. The van der Waals surface area contributed by atoms with Crippen LogP contribution in [0.25, 0.3) is 17.1 Å². The number of halogens is 1. The van der Waals surface area contributed by atoms with E-state index < -0.39 is 0 Å². The van der Waals surface area contributed by atoms with E-state index in [-0.39, 0.29) is 5.69 Å². The van der Waals surface area contributed by atoms with Crippen LogP contribution in [0.1, 0.15) is 5.69 Å². The maximum Gasteiger partial charge on any atom is 0.202 e. The molecular formula is C18H10ClN7S. The van der Waals surface area contributed by atoms with Crippen LogP contribution in [0.3, 0.4) is 0 Å². The lowest BCUT2D eigenvalue weighted by Gasteiger charge is -2.10. The molecule has 130 valence electrons. The van der Waals surface area contributed by atoms with Crippen molar-refractivity contribution in [2.45, 2.75) is 10.2 Å². The van der Waals surface area contributed by atoms with Crippen molar-refractivity contribution in [2.24, 2.45) is 0 Å². The van der Waals surface area contributed by atoms with Crippen molar-refractivity contribution >= 4 is 23.4 Å². The van der Waals surface area contributed by atoms with Gasteiger partial charge in [0.2, 0.25) is 5.16 Å². The average Bonchev–Trinajstić information content (AvgIpc) is 3.13. The topological polar surface area (TPSA) is 93.2 Å². The van der Waals surface area contributed by atoms with Crippen molar-refractivity contribution in [1.29, 1.82) is 5.26 Å². The summed E-state index contributed by atoms with van der Waals surface area (Å²) in [5.41, 5.74) is 1.94. The fourth-order valence-electron chi connectivity index (χ4n) is 2.37. The van der Waals surface area contributed by atoms with Gasteiger partial charge in [0.25, 0.3) is 0 Å². The van der Waals surface area contributed by atoms with Crippen molar-refractivity contribution in [3.63, 3.8) is 0 Å². The molecule has 0 fully saturated rings. The minimum Gasteiger partial charge on any atom is -0.270 e. The zero-order valence-electron chi connectivity index (χ0n) is 13.7. The van der Waals surface area contributed by atoms with Crippen LogP contribution in [0.15, 0.2) is 71.1 Å². The molecule has 0 saturated heterocycles. The summed E-state index contributed by atoms with van der Waals surface area (Å²) >= 11 is 7.33. The van der Waals surface area contributed by atoms with E-state index in [4.69, 9.17) is 16.9 Å². The summed E-state index contributed by atoms with van der Waals surface area (Å²) in [6.07, 6.45) is 3.43. The summed E-state index contributed by atoms with van der Waals surface area (Å²) in [7, 11) is 0. The highest BCUT2D eigenvalue weighted by molar-refractivity contribution is 7.99. The highest BCUT2D eigenvalue weighted by Crippen LogP contribution is 2.31. The molecule has 0 spiro atoms. The van der Waals surface area contributed by atoms with Crippen LogP contribution in [0, 0.1) is 11.3 Å². The van der Waals surface area contributed by atoms with Gasteiger partial charge < -0.3 is 0 Å². The Labute approximate surface area is 163 Å². The van der Waals surface area contributed by atoms with Gasteiger partial charge in [-0.25, -0.2) is 0 Å². The maximum absolute atomic E-state index is 8.86. The van der Waals surface area contributed by atoms with Crippen LogP contribution in [0.2, 0.25) is 5.02 Å². The highest BCUT2D eigenvalue weighted by atomic mass is 35.5. The van der Waals surface area contributed by atoms with Crippen molar-refractivity contribution in [3.05, 3.63) is 71.6 Å². The van der Waals surface area contributed by atoms with Crippen molar-refractivity contribution in [2.75, 3.05) is 0 Å². The van der Waals surface area contributed by atoms with Crippen LogP contribution >= 0.6 is 23.4 Å². The molecule has 0 aliphatic rings. The molecule has 3 aromatic heterocycles. The molecule has 0 unspecified atom stereocenters. The Balaban J connectivity index is 1.80. The lowest BCUT2D eigenvalue weighted by atomic mass is 10.2. The van der Waals surface area contributed by atoms with E-state index in [0.717, 1.165) is 11.3 Å². The summed E-state index contributed by atoms with van der Waals surface area (Å²) in [5.74, 6) is 0.648. The molecule has 0 amide bonds. The first-order valence-corrected chi connectivity index (χ1v) is 8.97. The molecule has 4 aromatic rings. The Kier molecular flexibility index (Phi) is 4.78. The SMILES string of the molecule is N#Cc1ccc(Sc2nnc(-c3cccnc3)n2-c2ccc(Cl)cc2)nn1. The third-order valence-corrected chi connectivity index (χ3v) is 4.71. The number of benzene rings is 1. The molecule has 0 radical (unpaired) electrons. The largest absolute Gasteiger partial charge is 0.270 e. The summed E-state index contributed by atoms with van der Waals surface area (Å²) in [4.78, 5) is 4.16. The first-order valence-electron chi connectivity index (χ1n) is 7.78. The normalized spacial score (nSPS) is 10.5. The van der Waals surface area contributed by atoms with E-state index in [1.165, 1.54) is 11.8 Å². The Morgan fingerprint density at radius 3 is 2.48 bits per heavy atom. The third kappa shape index (κ3) is 3.65. The summed E-state index contributed by atoms with van der Waals surface area (Å²) in [5, 5.41) is 27.3. The lowest BCUT2D eigenvalue weighted by Crippen LogP contribution is -2.00. The third-order valence-electron chi connectivity index (χ3n) is 3.59. The summed E-state index contributed by atoms with van der Waals surface area (Å²) < 4.78 is 1.90. The van der Waals surface area contributed by atoms with Crippen molar-refractivity contribution in [3.8, 4) is 23.1 Å². The highest BCUT2D eigenvalue weighted by Gasteiger charge is 2.17. The summed E-state index contributed by atoms with van der Waals surface area (Å²) in [6, 6.07) is 16.4. The predicted octanol–water partition coefficient (Wildman–Crippen LogP) is 3.80. The number of pyridine rings is 1. The quantitative estimate of drug-likeness (QED) is 0.522. The molecule has 7 nitrogen and oxygen atoms in total. The van der Waals surface area contributed by atoms with Crippen LogP contribution in [-0.2, 0) is 0 Å². The van der Waals surface area contributed by atoms with Gasteiger partial charge >= 0.3 is 0 Å². The lowest BCUT2D eigenvalue weighted by molar-refractivity contribution is 0.868. The first-order chi connectivity index (χ1) is 13.2. The van der Waals surface area contributed by atoms with Gasteiger partial charge in [-0.1, -0.05) is 11.6 Å². The van der Waals surface area contributed by atoms with Crippen LogP contribution < -0.4 is 0 Å². The standard InChI is InChI=1S/C18H10ClN7S/c19-13-3-6-15(7-4-13)26-17(12-2-1-9-21-11-12)24-25-18(26)27-16-8-5-14(10-20)22-23-16/h1-9,11H. The molecule has 27 heavy (non-hydrogen) atoms. The number of aromatic nitrogens is 6. The molecule has 0 atom stereocenters. The van der Waals surface area contributed by atoms with Gasteiger partial charge in [0.15, 0.2) is 11.5 Å². The minimum absolute atomic E-state index is 0.259. The summed E-state index contributed by atoms with van der Waals surface area (Å²) in [6.45, 7) is 0. The van der Waals surface area contributed by atoms with E-state index in [9.17, 15) is 0 Å². The minimum atomic E-state index is 0.259. The number of hydrogen-bond donors (Lipinski definition) is 0. The number of hydrogen-bond acceptors (Lipinski definition) is 7. The van der Waals surface area contributed by atoms with Gasteiger partial charge in [-0.15, -0.1) is 20.4 Å². The Morgan fingerprint density at radius 2 is 1.81 bits per heavy atom. The van der Waals surface area contributed by atoms with Crippen molar-refractivity contribution in [1.82, 2.24) is 29.9 Å². The van der Waals surface area contributed by atoms with Crippen LogP contribution in [-0.4, -0.2) is 29.9 Å². The molecule has 1 aromatic carbocycles. The number of nitriles is 1. The molecule has 0 aliphatic heterocycles. The van der Waals surface area contributed by atoms with Gasteiger partial charge in [-0.2, -0.15) is 5.26 Å². The van der Waals surface area contributed by atoms with E-state index >= 15 is 0 Å². The monoisotopic (exact) mass is 391 g/mol. The van der Waals surface area contributed by atoms with Gasteiger partial charge in [-0.3, -0.25) is 9.55 Å². The van der Waals surface area contributed by atoms with E-state index in [2.05, 4.69) is 25.4 Å². The zero-order chi connectivity index (χ0) is 18.6. The fourth-order valence-corrected chi connectivity index (χ4v) is 3.26. The zero-order valence-corrected chi connectivity index (χ0v) is 15.3. The van der Waals surface area contributed by atoms with Crippen molar-refractivity contribution < 1.29 is 0 Å². The van der Waals surface area contributed by atoms with Crippen LogP contribution in [0.5, 0.6) is 0 Å². The molecule has 0 aliphatic carbocycles. The Morgan fingerprint density at radius 1 is 0.963 bits per heavy atom. The van der Waals surface area contributed by atoms with E-state index in [1.807, 2.05) is 34.9 Å². The van der Waals surface area contributed by atoms with Gasteiger partial charge in [0, 0.05) is 28.7 Å². The molecule has 3 heterocycles. The molecule has 0 saturated carbocycles. The first kappa shape index (κ1) is 17.1. The number of rotatable bonds is 4. The van der Waals surface area contributed by atoms with Crippen LogP contribution in [0.4, 0.5) is 0 Å². The maximum atomic E-state index is 8.86. The molecule has 9 heteroatoms. The second-order valence-corrected chi connectivity index (χ2v) is 6.75.